The predicted molar refractivity (Wildman–Crippen MR) is 133 cm³/mol. The van der Waals surface area contributed by atoms with Gasteiger partial charge in [0, 0.05) is 24.4 Å². The quantitative estimate of drug-likeness (QED) is 0.438. The van der Waals surface area contributed by atoms with E-state index in [9.17, 15) is 9.59 Å². The molecule has 0 aliphatic rings. The normalized spacial score (nSPS) is 11.3. The Hall–Kier alpha value is -2.83. The van der Waals surface area contributed by atoms with Crippen molar-refractivity contribution in [2.75, 3.05) is 25.5 Å². The minimum Gasteiger partial charge on any atom is -0.497 e. The van der Waals surface area contributed by atoms with Crippen molar-refractivity contribution >= 4 is 17.6 Å². The van der Waals surface area contributed by atoms with E-state index in [4.69, 9.17) is 9.84 Å². The van der Waals surface area contributed by atoms with Crippen molar-refractivity contribution in [3.63, 3.8) is 0 Å². The molecule has 1 aromatic carbocycles. The Bertz CT molecular complexity index is 897. The number of carbonyl (C=O) groups is 2. The van der Waals surface area contributed by atoms with Gasteiger partial charge in [0.15, 0.2) is 0 Å². The van der Waals surface area contributed by atoms with Gasteiger partial charge < -0.3 is 15.0 Å². The molecule has 7 heteroatoms. The Morgan fingerprint density at radius 2 is 1.76 bits per heavy atom. The van der Waals surface area contributed by atoms with Crippen molar-refractivity contribution in [2.24, 2.45) is 0 Å². The number of anilines is 1. The Morgan fingerprint density at radius 1 is 1.06 bits per heavy atom. The van der Waals surface area contributed by atoms with Crippen LogP contribution in [-0.4, -0.2) is 46.7 Å². The molecule has 0 saturated carbocycles. The first-order valence-electron chi connectivity index (χ1n) is 12.0. The number of nitrogens with one attached hydrogen (secondary N) is 1. The molecule has 0 fully saturated rings. The minimum absolute atomic E-state index is 0.0408. The summed E-state index contributed by atoms with van der Waals surface area (Å²) in [5.41, 5.74) is 1.50. The average molecular weight is 457 g/mol. The van der Waals surface area contributed by atoms with E-state index in [1.807, 2.05) is 37.3 Å². The molecule has 2 rings (SSSR count). The van der Waals surface area contributed by atoms with Crippen molar-refractivity contribution in [2.45, 2.75) is 78.6 Å². The van der Waals surface area contributed by atoms with Gasteiger partial charge >= 0.3 is 0 Å². The lowest BCUT2D eigenvalue weighted by Crippen LogP contribution is -2.38. The molecule has 0 atom stereocenters. The number of aromatic nitrogens is 2. The average Bonchev–Trinajstić information content (AvgIpc) is 3.20. The zero-order chi connectivity index (χ0) is 24.4. The van der Waals surface area contributed by atoms with Gasteiger partial charge in [0.05, 0.1) is 25.0 Å². The SMILES string of the molecule is CCCCCCC(=O)N(CCC)CC(=O)Nc1cc(C(C)(C)C)nn1-c1ccc(OC)cc1. The molecule has 0 bridgehead atoms. The number of ether oxygens (including phenoxy) is 1. The number of nitrogens with zero attached hydrogens (tertiary/aromatic N) is 3. The molecular formula is C26H40N4O3. The van der Waals surface area contributed by atoms with Crippen molar-refractivity contribution in [1.29, 1.82) is 0 Å². The van der Waals surface area contributed by atoms with Gasteiger partial charge in [-0.25, -0.2) is 4.68 Å². The summed E-state index contributed by atoms with van der Waals surface area (Å²) in [4.78, 5) is 27.3. The standard InChI is InChI=1S/C26H40N4O3/c1-7-9-10-11-12-25(32)29(17-8-2)19-24(31)27-23-18-22(26(3,4)5)28-30(23)20-13-15-21(33-6)16-14-20/h13-16,18H,7-12,17,19H2,1-6H3,(H,27,31). The first-order chi connectivity index (χ1) is 15.7. The van der Waals surface area contributed by atoms with Gasteiger partial charge in [0.1, 0.15) is 11.6 Å². The second-order valence-electron chi connectivity index (χ2n) is 9.45. The number of hydrogen-bond acceptors (Lipinski definition) is 4. The van der Waals surface area contributed by atoms with Gasteiger partial charge in [-0.1, -0.05) is 53.9 Å². The zero-order valence-electron chi connectivity index (χ0n) is 21.1. The second-order valence-corrected chi connectivity index (χ2v) is 9.45. The fourth-order valence-electron chi connectivity index (χ4n) is 3.54. The smallest absolute Gasteiger partial charge is 0.245 e. The molecular weight excluding hydrogens is 416 g/mol. The zero-order valence-corrected chi connectivity index (χ0v) is 21.1. The van der Waals surface area contributed by atoms with Crippen LogP contribution >= 0.6 is 0 Å². The van der Waals surface area contributed by atoms with E-state index >= 15 is 0 Å². The van der Waals surface area contributed by atoms with Crippen LogP contribution in [0.25, 0.3) is 5.69 Å². The van der Waals surface area contributed by atoms with Gasteiger partial charge in [-0.2, -0.15) is 5.10 Å². The van der Waals surface area contributed by atoms with Gasteiger partial charge in [0.2, 0.25) is 11.8 Å². The fourth-order valence-corrected chi connectivity index (χ4v) is 3.54. The van der Waals surface area contributed by atoms with Gasteiger partial charge in [-0.05, 0) is 37.1 Å². The lowest BCUT2D eigenvalue weighted by molar-refractivity contribution is -0.134. The Kier molecular flexibility index (Phi) is 9.95. The lowest BCUT2D eigenvalue weighted by atomic mass is 9.92. The summed E-state index contributed by atoms with van der Waals surface area (Å²) < 4.78 is 6.98. The van der Waals surface area contributed by atoms with Crippen molar-refractivity contribution < 1.29 is 14.3 Å². The molecule has 0 spiro atoms. The predicted octanol–water partition coefficient (Wildman–Crippen LogP) is 5.33. The lowest BCUT2D eigenvalue weighted by Gasteiger charge is -2.21. The topological polar surface area (TPSA) is 76.5 Å². The van der Waals surface area contributed by atoms with E-state index in [0.29, 0.717) is 18.8 Å². The van der Waals surface area contributed by atoms with Crippen LogP contribution in [-0.2, 0) is 15.0 Å². The van der Waals surface area contributed by atoms with Crippen molar-refractivity contribution in [3.8, 4) is 11.4 Å². The highest BCUT2D eigenvalue weighted by atomic mass is 16.5. The highest BCUT2D eigenvalue weighted by Crippen LogP contribution is 2.27. The summed E-state index contributed by atoms with van der Waals surface area (Å²) in [5, 5.41) is 7.74. The van der Waals surface area contributed by atoms with E-state index in [2.05, 4.69) is 33.0 Å². The van der Waals surface area contributed by atoms with Gasteiger partial charge in [0.25, 0.3) is 0 Å². The minimum atomic E-state index is -0.222. The summed E-state index contributed by atoms with van der Waals surface area (Å²) in [6, 6.07) is 9.42. The van der Waals surface area contributed by atoms with Crippen LogP contribution in [0.5, 0.6) is 5.75 Å². The molecule has 2 aromatic rings. The number of benzene rings is 1. The number of carbonyl (C=O) groups excluding carboxylic acids is 2. The van der Waals surface area contributed by atoms with Crippen LogP contribution in [0.3, 0.4) is 0 Å². The number of methoxy groups -OCH3 is 1. The molecule has 0 aliphatic heterocycles. The Morgan fingerprint density at radius 3 is 2.33 bits per heavy atom. The van der Waals surface area contributed by atoms with Crippen LogP contribution in [0, 0.1) is 0 Å². The third kappa shape index (κ3) is 7.91. The van der Waals surface area contributed by atoms with Gasteiger partial charge in [-0.15, -0.1) is 0 Å². The third-order valence-corrected chi connectivity index (χ3v) is 5.49. The molecule has 7 nitrogen and oxygen atoms in total. The second kappa shape index (κ2) is 12.4. The first-order valence-corrected chi connectivity index (χ1v) is 12.0. The van der Waals surface area contributed by atoms with E-state index in [-0.39, 0.29) is 23.8 Å². The maximum Gasteiger partial charge on any atom is 0.245 e. The van der Waals surface area contributed by atoms with E-state index < -0.39 is 0 Å². The van der Waals surface area contributed by atoms with Crippen LogP contribution in [0.2, 0.25) is 0 Å². The van der Waals surface area contributed by atoms with E-state index in [1.165, 1.54) is 0 Å². The van der Waals surface area contributed by atoms with Crippen molar-refractivity contribution in [3.05, 3.63) is 36.0 Å². The molecule has 33 heavy (non-hydrogen) atoms. The Labute approximate surface area is 198 Å². The summed E-state index contributed by atoms with van der Waals surface area (Å²) in [7, 11) is 1.62. The highest BCUT2D eigenvalue weighted by Gasteiger charge is 2.23. The molecule has 0 radical (unpaired) electrons. The van der Waals surface area contributed by atoms with Crippen LogP contribution in [0.15, 0.2) is 30.3 Å². The Balaban J connectivity index is 2.18. The molecule has 1 aromatic heterocycles. The van der Waals surface area contributed by atoms with E-state index in [1.54, 1.807) is 16.7 Å². The largest absolute Gasteiger partial charge is 0.497 e. The number of hydrogen-bond donors (Lipinski definition) is 1. The molecule has 182 valence electrons. The van der Waals surface area contributed by atoms with Crippen molar-refractivity contribution in [1.82, 2.24) is 14.7 Å². The summed E-state index contributed by atoms with van der Waals surface area (Å²) in [5.74, 6) is 1.16. The summed E-state index contributed by atoms with van der Waals surface area (Å²) in [6.45, 7) is 11.0. The molecule has 0 aliphatic carbocycles. The van der Waals surface area contributed by atoms with Crippen LogP contribution in [0.1, 0.15) is 78.8 Å². The van der Waals surface area contributed by atoms with Crippen LogP contribution < -0.4 is 10.1 Å². The molecule has 0 unspecified atom stereocenters. The molecule has 1 heterocycles. The maximum atomic E-state index is 13.0. The first kappa shape index (κ1) is 26.4. The highest BCUT2D eigenvalue weighted by molar-refractivity contribution is 5.94. The maximum absolute atomic E-state index is 13.0. The number of rotatable bonds is 12. The third-order valence-electron chi connectivity index (χ3n) is 5.49. The summed E-state index contributed by atoms with van der Waals surface area (Å²) >= 11 is 0. The molecule has 1 N–H and O–H groups in total. The molecule has 2 amide bonds. The van der Waals surface area contributed by atoms with E-state index in [0.717, 1.165) is 49.2 Å². The fraction of sp³-hybridized carbons (Fsp3) is 0.577. The van der Waals surface area contributed by atoms with Gasteiger partial charge in [-0.3, -0.25) is 9.59 Å². The number of unbranched alkanes of at least 4 members (excludes halogenated alkanes) is 3. The van der Waals surface area contributed by atoms with Crippen LogP contribution in [0.4, 0.5) is 5.82 Å². The molecule has 0 saturated heterocycles. The number of amides is 2. The summed E-state index contributed by atoms with van der Waals surface area (Å²) in [6.07, 6.45) is 5.48. The monoisotopic (exact) mass is 456 g/mol.